The lowest BCUT2D eigenvalue weighted by Gasteiger charge is -2.45. The molecule has 1 saturated heterocycles. The number of methoxy groups -OCH3 is 1. The summed E-state index contributed by atoms with van der Waals surface area (Å²) in [5.41, 5.74) is 0. The molecule has 1 heterocycles. The van der Waals surface area contributed by atoms with Gasteiger partial charge in [0.25, 0.3) is 0 Å². The first kappa shape index (κ1) is 38.2. The maximum Gasteiger partial charge on any atom is 0.408 e. The SMILES string of the molecule is C=CCOC(=O)N[C@H](C(=O)OCCOCCOC)[C@@H](C)O[C@@H]1O[C@H](COC(C)=O)[C@H](OC(C)=O)[C@H](OC(C)=O)[C@H]1OC(C)=O. The summed E-state index contributed by atoms with van der Waals surface area (Å²) in [6.07, 6.45) is -8.39. The highest BCUT2D eigenvalue weighted by Gasteiger charge is 2.53. The first-order valence-electron chi connectivity index (χ1n) is 13.5. The molecule has 1 rings (SSSR count). The fraction of sp³-hybridized carbons (Fsp3) is 0.704. The second kappa shape index (κ2) is 20.2. The summed E-state index contributed by atoms with van der Waals surface area (Å²) in [4.78, 5) is 73.0. The average Bonchev–Trinajstić information content (AvgIpc) is 2.93. The highest BCUT2D eigenvalue weighted by Crippen LogP contribution is 2.31. The van der Waals surface area contributed by atoms with Crippen LogP contribution in [0.3, 0.4) is 0 Å². The highest BCUT2D eigenvalue weighted by atomic mass is 16.7. The number of hydrogen-bond donors (Lipinski definition) is 1. The van der Waals surface area contributed by atoms with Crippen LogP contribution in [0, 0.1) is 0 Å². The van der Waals surface area contributed by atoms with Crippen LogP contribution in [0.2, 0.25) is 0 Å². The molecule has 44 heavy (non-hydrogen) atoms. The van der Waals surface area contributed by atoms with Crippen LogP contribution in [0.25, 0.3) is 0 Å². The predicted octanol–water partition coefficient (Wildman–Crippen LogP) is -0.0384. The number of carbonyl (C=O) groups excluding carboxylic acids is 6. The van der Waals surface area contributed by atoms with E-state index in [-0.39, 0.29) is 26.4 Å². The molecule has 0 aromatic rings. The first-order valence-corrected chi connectivity index (χ1v) is 13.5. The zero-order valence-electron chi connectivity index (χ0n) is 25.6. The molecule has 1 aliphatic rings. The molecule has 7 atom stereocenters. The van der Waals surface area contributed by atoms with Crippen molar-refractivity contribution in [1.29, 1.82) is 0 Å². The summed E-state index contributed by atoms with van der Waals surface area (Å²) in [5, 5.41) is 2.33. The van der Waals surface area contributed by atoms with Gasteiger partial charge in [-0.15, -0.1) is 0 Å². The van der Waals surface area contributed by atoms with Crippen molar-refractivity contribution in [3.8, 4) is 0 Å². The van der Waals surface area contributed by atoms with Crippen molar-refractivity contribution in [2.75, 3.05) is 46.8 Å². The van der Waals surface area contributed by atoms with Gasteiger partial charge in [-0.05, 0) is 6.92 Å². The van der Waals surface area contributed by atoms with E-state index in [0.29, 0.717) is 6.61 Å². The minimum absolute atomic E-state index is 0.0255. The van der Waals surface area contributed by atoms with Gasteiger partial charge in [0.1, 0.15) is 25.9 Å². The molecule has 0 radical (unpaired) electrons. The molecule has 0 aliphatic carbocycles. The zero-order valence-corrected chi connectivity index (χ0v) is 25.6. The van der Waals surface area contributed by atoms with E-state index < -0.39 is 85.4 Å². The van der Waals surface area contributed by atoms with Crippen molar-refractivity contribution < 1.29 is 76.1 Å². The van der Waals surface area contributed by atoms with Crippen LogP contribution in [0.5, 0.6) is 0 Å². The molecule has 17 heteroatoms. The molecule has 17 nitrogen and oxygen atoms in total. The monoisotopic (exact) mass is 635 g/mol. The van der Waals surface area contributed by atoms with Gasteiger partial charge < -0.3 is 52.7 Å². The molecular weight excluding hydrogens is 594 g/mol. The van der Waals surface area contributed by atoms with Crippen molar-refractivity contribution in [3.05, 3.63) is 12.7 Å². The van der Waals surface area contributed by atoms with E-state index in [4.69, 9.17) is 47.4 Å². The fourth-order valence-electron chi connectivity index (χ4n) is 3.79. The van der Waals surface area contributed by atoms with Gasteiger partial charge in [0.15, 0.2) is 30.6 Å². The van der Waals surface area contributed by atoms with E-state index >= 15 is 0 Å². The summed E-state index contributed by atoms with van der Waals surface area (Å²) in [7, 11) is 1.50. The van der Waals surface area contributed by atoms with Gasteiger partial charge in [-0.1, -0.05) is 12.7 Å². The van der Waals surface area contributed by atoms with E-state index in [1.807, 2.05) is 0 Å². The fourth-order valence-corrected chi connectivity index (χ4v) is 3.79. The number of esters is 5. The summed E-state index contributed by atoms with van der Waals surface area (Å²) in [6, 6.07) is -1.52. The number of rotatable bonds is 18. The molecule has 1 aliphatic heterocycles. The molecule has 0 bridgehead atoms. The van der Waals surface area contributed by atoms with Crippen molar-refractivity contribution in [1.82, 2.24) is 5.32 Å². The zero-order chi connectivity index (χ0) is 33.2. The third-order valence-corrected chi connectivity index (χ3v) is 5.53. The van der Waals surface area contributed by atoms with Gasteiger partial charge >= 0.3 is 35.9 Å². The lowest BCUT2D eigenvalue weighted by molar-refractivity contribution is -0.317. The number of alkyl carbamates (subject to hydrolysis) is 1. The standard InChI is InChI=1S/C27H41NO16/c1-8-9-38-27(34)28-21(25(33)37-13-12-36-11-10-35-7)15(2)40-26-24(43-19(6)32)23(42-18(5)31)22(41-17(4)30)20(44-26)14-39-16(3)29/h8,15,20-24,26H,1,9-14H2,2-7H3,(H,28,34)/t15-,20-,21+,22+,23+,24-,26-/m1/s1. The lowest BCUT2D eigenvalue weighted by Crippen LogP contribution is -2.64. The van der Waals surface area contributed by atoms with E-state index in [1.165, 1.54) is 20.1 Å². The Morgan fingerprint density at radius 2 is 1.39 bits per heavy atom. The van der Waals surface area contributed by atoms with Crippen molar-refractivity contribution in [2.24, 2.45) is 0 Å². The van der Waals surface area contributed by atoms with Crippen LogP contribution in [-0.2, 0) is 71.3 Å². The maximum absolute atomic E-state index is 13.0. The van der Waals surface area contributed by atoms with Crippen LogP contribution >= 0.6 is 0 Å². The van der Waals surface area contributed by atoms with E-state index in [2.05, 4.69) is 11.9 Å². The van der Waals surface area contributed by atoms with E-state index in [1.54, 1.807) is 0 Å². The Morgan fingerprint density at radius 1 is 0.795 bits per heavy atom. The van der Waals surface area contributed by atoms with Crippen LogP contribution < -0.4 is 5.32 Å². The Kier molecular flexibility index (Phi) is 17.6. The van der Waals surface area contributed by atoms with Crippen molar-refractivity contribution in [2.45, 2.75) is 77.5 Å². The molecule has 1 N–H and O–H groups in total. The smallest absolute Gasteiger partial charge is 0.408 e. The highest BCUT2D eigenvalue weighted by molar-refractivity contribution is 5.82. The molecule has 0 saturated carbocycles. The Hall–Kier alpha value is -3.80. The van der Waals surface area contributed by atoms with E-state index in [9.17, 15) is 28.8 Å². The molecule has 0 unspecified atom stereocenters. The number of hydrogen-bond acceptors (Lipinski definition) is 16. The van der Waals surface area contributed by atoms with Gasteiger partial charge in [-0.25, -0.2) is 9.59 Å². The maximum atomic E-state index is 13.0. The van der Waals surface area contributed by atoms with Gasteiger partial charge in [0, 0.05) is 34.8 Å². The second-order valence-corrected chi connectivity index (χ2v) is 9.19. The van der Waals surface area contributed by atoms with Gasteiger partial charge in [-0.2, -0.15) is 0 Å². The van der Waals surface area contributed by atoms with Crippen molar-refractivity contribution >= 4 is 35.9 Å². The van der Waals surface area contributed by atoms with Crippen molar-refractivity contribution in [3.63, 3.8) is 0 Å². The number of nitrogens with one attached hydrogen (secondary N) is 1. The van der Waals surface area contributed by atoms with Crippen LogP contribution in [0.15, 0.2) is 12.7 Å². The van der Waals surface area contributed by atoms with Gasteiger partial charge in [-0.3, -0.25) is 19.2 Å². The van der Waals surface area contributed by atoms with Gasteiger partial charge in [0.2, 0.25) is 0 Å². The molecule has 0 spiro atoms. The number of amides is 1. The molecule has 0 aromatic heterocycles. The largest absolute Gasteiger partial charge is 0.463 e. The minimum atomic E-state index is -1.62. The van der Waals surface area contributed by atoms with Crippen LogP contribution in [0.1, 0.15) is 34.6 Å². The summed E-state index contributed by atoms with van der Waals surface area (Å²) < 4.78 is 53.2. The summed E-state index contributed by atoms with van der Waals surface area (Å²) in [5.74, 6) is -4.16. The quantitative estimate of drug-likeness (QED) is 0.0907. The third kappa shape index (κ3) is 14.1. The Balaban J connectivity index is 3.35. The van der Waals surface area contributed by atoms with Crippen LogP contribution in [-0.4, -0.2) is 126 Å². The summed E-state index contributed by atoms with van der Waals surface area (Å²) in [6.45, 7) is 8.90. The molecular formula is C27H41NO16. The van der Waals surface area contributed by atoms with E-state index in [0.717, 1.165) is 27.7 Å². The molecule has 1 fully saturated rings. The van der Waals surface area contributed by atoms with Crippen LogP contribution in [0.4, 0.5) is 4.79 Å². The first-order chi connectivity index (χ1) is 20.8. The van der Waals surface area contributed by atoms with Gasteiger partial charge in [0.05, 0.1) is 25.9 Å². The Morgan fingerprint density at radius 3 is 1.95 bits per heavy atom. The Bertz CT molecular complexity index is 987. The number of carbonyl (C=O) groups is 6. The summed E-state index contributed by atoms with van der Waals surface area (Å²) >= 11 is 0. The number of ether oxygens (including phenoxy) is 10. The average molecular weight is 636 g/mol. The minimum Gasteiger partial charge on any atom is -0.463 e. The lowest BCUT2D eigenvalue weighted by atomic mass is 9.98. The third-order valence-electron chi connectivity index (χ3n) is 5.53. The second-order valence-electron chi connectivity index (χ2n) is 9.19. The topological polar surface area (TPSA) is 207 Å². The Labute approximate surface area is 254 Å². The molecule has 1 amide bonds. The molecule has 0 aromatic carbocycles. The normalized spacial score (nSPS) is 22.4. The predicted molar refractivity (Wildman–Crippen MR) is 145 cm³/mol. The molecule has 250 valence electrons.